The minimum atomic E-state index is 0.334. The highest BCUT2D eigenvalue weighted by Crippen LogP contribution is 2.20. The average molecular weight is 403 g/mol. The molecular weight excluding hydrogens is 380 g/mol. The van der Waals surface area contributed by atoms with Crippen LogP contribution >= 0.6 is 11.6 Å². The summed E-state index contributed by atoms with van der Waals surface area (Å²) in [5.41, 5.74) is 1.76. The molecule has 0 unspecified atom stereocenters. The van der Waals surface area contributed by atoms with Crippen LogP contribution in [0.5, 0.6) is 0 Å². The molecule has 0 radical (unpaired) electrons. The van der Waals surface area contributed by atoms with E-state index in [1.54, 1.807) is 19.2 Å². The van der Waals surface area contributed by atoms with Gasteiger partial charge < -0.3 is 19.7 Å². The lowest BCUT2D eigenvalue weighted by molar-refractivity contribution is 0.371. The second-order valence-electron chi connectivity index (χ2n) is 6.50. The molecule has 9 heteroatoms. The molecule has 0 saturated heterocycles. The Morgan fingerprint density at radius 2 is 2.04 bits per heavy atom. The van der Waals surface area contributed by atoms with Crippen molar-refractivity contribution in [3.8, 4) is 11.4 Å². The van der Waals surface area contributed by atoms with Crippen LogP contribution in [-0.2, 0) is 13.0 Å². The summed E-state index contributed by atoms with van der Waals surface area (Å²) >= 11 is 6.00. The van der Waals surface area contributed by atoms with Crippen LogP contribution in [0.1, 0.15) is 37.1 Å². The first kappa shape index (κ1) is 19.9. The summed E-state index contributed by atoms with van der Waals surface area (Å²) in [6.07, 6.45) is 0.564. The zero-order valence-corrected chi connectivity index (χ0v) is 16.8. The van der Waals surface area contributed by atoms with E-state index in [1.807, 2.05) is 18.2 Å². The molecule has 0 saturated carbocycles. The lowest BCUT2D eigenvalue weighted by Gasteiger charge is -2.09. The van der Waals surface area contributed by atoms with E-state index in [0.29, 0.717) is 48.1 Å². The van der Waals surface area contributed by atoms with Gasteiger partial charge in [-0.2, -0.15) is 4.98 Å². The van der Waals surface area contributed by atoms with Crippen LogP contribution in [0.15, 0.2) is 44.4 Å². The van der Waals surface area contributed by atoms with Crippen LogP contribution in [0.2, 0.25) is 5.02 Å². The number of nitrogens with zero attached hydrogens (tertiary/aromatic N) is 4. The standard InChI is InChI=1S/C19H23ClN6O2/c1-12(2)16-10-15(27-25-16)11-23-19(21-3)22-8-7-17-24-18(26-28-17)13-5-4-6-14(20)9-13/h4-6,9-10,12H,7-8,11H2,1-3H3,(H2,21,22,23). The minimum absolute atomic E-state index is 0.334. The number of rotatable bonds is 7. The average Bonchev–Trinajstić information content (AvgIpc) is 3.34. The van der Waals surface area contributed by atoms with Crippen LogP contribution in [0, 0.1) is 0 Å². The maximum Gasteiger partial charge on any atom is 0.228 e. The normalized spacial score (nSPS) is 11.8. The summed E-state index contributed by atoms with van der Waals surface area (Å²) in [6, 6.07) is 9.29. The molecule has 2 N–H and O–H groups in total. The van der Waals surface area contributed by atoms with E-state index in [1.165, 1.54) is 0 Å². The number of nitrogens with one attached hydrogen (secondary N) is 2. The third kappa shape index (κ3) is 5.32. The van der Waals surface area contributed by atoms with Gasteiger partial charge in [-0.3, -0.25) is 4.99 Å². The third-order valence-corrected chi connectivity index (χ3v) is 4.24. The van der Waals surface area contributed by atoms with Crippen molar-refractivity contribution in [1.82, 2.24) is 25.9 Å². The van der Waals surface area contributed by atoms with Gasteiger partial charge in [0.2, 0.25) is 11.7 Å². The molecule has 2 heterocycles. The molecule has 1 aromatic carbocycles. The van der Waals surface area contributed by atoms with E-state index in [2.05, 4.69) is 44.8 Å². The van der Waals surface area contributed by atoms with Crippen molar-refractivity contribution in [3.05, 3.63) is 52.7 Å². The van der Waals surface area contributed by atoms with Crippen molar-refractivity contribution in [2.24, 2.45) is 4.99 Å². The van der Waals surface area contributed by atoms with Gasteiger partial charge in [0.1, 0.15) is 0 Å². The fourth-order valence-corrected chi connectivity index (χ4v) is 2.66. The Hall–Kier alpha value is -2.87. The summed E-state index contributed by atoms with van der Waals surface area (Å²) in [4.78, 5) is 8.59. The molecule has 3 rings (SSSR count). The third-order valence-electron chi connectivity index (χ3n) is 4.00. The van der Waals surface area contributed by atoms with Crippen molar-refractivity contribution < 1.29 is 9.05 Å². The van der Waals surface area contributed by atoms with Gasteiger partial charge in [-0.25, -0.2) is 0 Å². The zero-order chi connectivity index (χ0) is 19.9. The Labute approximate surface area is 168 Å². The molecule has 8 nitrogen and oxygen atoms in total. The molecule has 148 valence electrons. The summed E-state index contributed by atoms with van der Waals surface area (Å²) in [5, 5.41) is 15.1. The Morgan fingerprint density at radius 1 is 1.18 bits per heavy atom. The van der Waals surface area contributed by atoms with E-state index in [-0.39, 0.29) is 0 Å². The molecule has 2 aromatic heterocycles. The van der Waals surface area contributed by atoms with E-state index >= 15 is 0 Å². The van der Waals surface area contributed by atoms with Crippen LogP contribution < -0.4 is 10.6 Å². The highest BCUT2D eigenvalue weighted by molar-refractivity contribution is 6.30. The monoisotopic (exact) mass is 402 g/mol. The molecule has 0 aliphatic heterocycles. The van der Waals surface area contributed by atoms with E-state index in [4.69, 9.17) is 20.6 Å². The maximum absolute atomic E-state index is 6.00. The van der Waals surface area contributed by atoms with Gasteiger partial charge in [0.25, 0.3) is 0 Å². The predicted octanol–water partition coefficient (Wildman–Crippen LogP) is 3.41. The number of hydrogen-bond donors (Lipinski definition) is 2. The fourth-order valence-electron chi connectivity index (χ4n) is 2.46. The first-order valence-electron chi connectivity index (χ1n) is 9.03. The summed E-state index contributed by atoms with van der Waals surface area (Å²) in [7, 11) is 1.71. The summed E-state index contributed by atoms with van der Waals surface area (Å²) in [6.45, 7) is 5.24. The van der Waals surface area contributed by atoms with E-state index in [0.717, 1.165) is 17.0 Å². The summed E-state index contributed by atoms with van der Waals surface area (Å²) in [5.74, 6) is 2.80. The first-order valence-corrected chi connectivity index (χ1v) is 9.41. The van der Waals surface area contributed by atoms with Gasteiger partial charge >= 0.3 is 0 Å². The highest BCUT2D eigenvalue weighted by atomic mass is 35.5. The molecule has 0 amide bonds. The molecule has 0 bridgehead atoms. The number of hydrogen-bond acceptors (Lipinski definition) is 6. The van der Waals surface area contributed by atoms with Crippen molar-refractivity contribution >= 4 is 17.6 Å². The molecule has 0 fully saturated rings. The minimum Gasteiger partial charge on any atom is -0.359 e. The lowest BCUT2D eigenvalue weighted by Crippen LogP contribution is -2.37. The van der Waals surface area contributed by atoms with Gasteiger partial charge in [-0.1, -0.05) is 47.9 Å². The van der Waals surface area contributed by atoms with E-state index in [9.17, 15) is 0 Å². The van der Waals surface area contributed by atoms with Crippen molar-refractivity contribution in [1.29, 1.82) is 0 Å². The largest absolute Gasteiger partial charge is 0.359 e. The first-order chi connectivity index (χ1) is 13.5. The highest BCUT2D eigenvalue weighted by Gasteiger charge is 2.10. The van der Waals surface area contributed by atoms with Crippen LogP contribution in [0.4, 0.5) is 0 Å². The van der Waals surface area contributed by atoms with Crippen molar-refractivity contribution in [3.63, 3.8) is 0 Å². The number of aliphatic imine (C=N–C) groups is 1. The lowest BCUT2D eigenvalue weighted by atomic mass is 10.1. The van der Waals surface area contributed by atoms with E-state index < -0.39 is 0 Å². The second kappa shape index (κ2) is 9.36. The molecular formula is C19H23ClN6O2. The predicted molar refractivity (Wildman–Crippen MR) is 107 cm³/mol. The Kier molecular flexibility index (Phi) is 6.65. The topological polar surface area (TPSA) is 101 Å². The maximum atomic E-state index is 6.00. The Bertz CT molecular complexity index is 934. The molecule has 0 aliphatic rings. The second-order valence-corrected chi connectivity index (χ2v) is 6.93. The molecule has 28 heavy (non-hydrogen) atoms. The Morgan fingerprint density at radius 3 is 2.75 bits per heavy atom. The van der Waals surface area contributed by atoms with Gasteiger partial charge in [0.15, 0.2) is 11.7 Å². The number of halogens is 1. The number of aromatic nitrogens is 3. The smallest absolute Gasteiger partial charge is 0.228 e. The molecule has 3 aromatic rings. The van der Waals surface area contributed by atoms with Gasteiger partial charge in [0, 0.05) is 36.7 Å². The molecule has 0 aliphatic carbocycles. The zero-order valence-electron chi connectivity index (χ0n) is 16.1. The van der Waals surface area contributed by atoms with Gasteiger partial charge in [-0.05, 0) is 18.1 Å². The number of guanidine groups is 1. The molecule has 0 atom stereocenters. The quantitative estimate of drug-likeness (QED) is 0.461. The fraction of sp³-hybridized carbons (Fsp3) is 0.368. The van der Waals surface area contributed by atoms with Crippen molar-refractivity contribution in [2.75, 3.05) is 13.6 Å². The SMILES string of the molecule is CN=C(NCCc1nc(-c2cccc(Cl)c2)no1)NCc1cc(C(C)C)no1. The van der Waals surface area contributed by atoms with Gasteiger partial charge in [0.05, 0.1) is 12.2 Å². The van der Waals surface area contributed by atoms with Crippen LogP contribution in [0.3, 0.4) is 0 Å². The Balaban J connectivity index is 1.47. The molecule has 0 spiro atoms. The van der Waals surface area contributed by atoms with Crippen molar-refractivity contribution in [2.45, 2.75) is 32.7 Å². The summed E-state index contributed by atoms with van der Waals surface area (Å²) < 4.78 is 10.6. The van der Waals surface area contributed by atoms with Gasteiger partial charge in [-0.15, -0.1) is 0 Å². The number of benzene rings is 1. The van der Waals surface area contributed by atoms with Crippen LogP contribution in [-0.4, -0.2) is 34.8 Å². The van der Waals surface area contributed by atoms with Crippen LogP contribution in [0.25, 0.3) is 11.4 Å².